The molecule has 1 fully saturated rings. The molecule has 1 saturated carbocycles. The third-order valence-electron chi connectivity index (χ3n) is 4.94. The maximum atomic E-state index is 5.80. The smallest absolute Gasteiger partial charge is 0.0239 e. The van der Waals surface area contributed by atoms with E-state index < -0.39 is 0 Å². The maximum Gasteiger partial charge on any atom is 0.0239 e. The number of rotatable bonds is 6. The van der Waals surface area contributed by atoms with Crippen LogP contribution in [0.5, 0.6) is 0 Å². The van der Waals surface area contributed by atoms with Gasteiger partial charge < -0.3 is 0 Å². The van der Waals surface area contributed by atoms with Crippen molar-refractivity contribution in [2.45, 2.75) is 58.4 Å². The van der Waals surface area contributed by atoms with E-state index in [0.717, 1.165) is 17.8 Å². The summed E-state index contributed by atoms with van der Waals surface area (Å²) in [6.45, 7) is 4.79. The van der Waals surface area contributed by atoms with Crippen LogP contribution in [0.25, 0.3) is 0 Å². The Morgan fingerprint density at radius 3 is 2.84 bits per heavy atom. The molecule has 1 aliphatic carbocycles. The van der Waals surface area contributed by atoms with E-state index in [9.17, 15) is 0 Å². The number of hydrogen-bond acceptors (Lipinski definition) is 3. The van der Waals surface area contributed by atoms with E-state index >= 15 is 0 Å². The van der Waals surface area contributed by atoms with Crippen LogP contribution in [0.1, 0.15) is 50.8 Å². The van der Waals surface area contributed by atoms with E-state index in [1.807, 2.05) is 11.3 Å². The highest BCUT2D eigenvalue weighted by Crippen LogP contribution is 2.35. The molecule has 0 aliphatic heterocycles. The maximum absolute atomic E-state index is 5.80. The van der Waals surface area contributed by atoms with Crippen molar-refractivity contribution in [3.05, 3.63) is 22.4 Å². The molecule has 1 aromatic heterocycles. The molecule has 1 heterocycles. The van der Waals surface area contributed by atoms with Crippen LogP contribution in [0.3, 0.4) is 0 Å². The minimum Gasteiger partial charge on any atom is -0.271 e. The van der Waals surface area contributed by atoms with Gasteiger partial charge in [-0.25, -0.2) is 0 Å². The monoisotopic (exact) mass is 280 g/mol. The molecule has 0 bridgehead atoms. The summed E-state index contributed by atoms with van der Waals surface area (Å²) in [4.78, 5) is 1.50. The van der Waals surface area contributed by atoms with Crippen molar-refractivity contribution in [2.24, 2.45) is 23.6 Å². The van der Waals surface area contributed by atoms with Crippen molar-refractivity contribution >= 4 is 11.3 Å². The van der Waals surface area contributed by atoms with Crippen LogP contribution in [0.4, 0.5) is 0 Å². The molecule has 1 aliphatic rings. The quantitative estimate of drug-likeness (QED) is 0.611. The average Bonchev–Trinajstić information content (AvgIpc) is 2.91. The van der Waals surface area contributed by atoms with Crippen molar-refractivity contribution in [1.29, 1.82) is 0 Å². The Bertz CT molecular complexity index is 350. The van der Waals surface area contributed by atoms with Crippen LogP contribution in [-0.2, 0) is 6.42 Å². The van der Waals surface area contributed by atoms with Crippen LogP contribution in [0.15, 0.2) is 17.5 Å². The summed E-state index contributed by atoms with van der Waals surface area (Å²) in [6, 6.07) is 4.89. The average molecular weight is 280 g/mol. The molecule has 0 amide bonds. The topological polar surface area (TPSA) is 38.0 Å². The van der Waals surface area contributed by atoms with Crippen LogP contribution in [0, 0.1) is 17.8 Å². The summed E-state index contributed by atoms with van der Waals surface area (Å²) in [5.74, 6) is 8.32. The molecule has 3 heteroatoms. The highest BCUT2D eigenvalue weighted by Gasteiger charge is 2.29. The second kappa shape index (κ2) is 7.41. The summed E-state index contributed by atoms with van der Waals surface area (Å²) in [5.41, 5.74) is 3.09. The molecule has 2 rings (SSSR count). The highest BCUT2D eigenvalue weighted by molar-refractivity contribution is 7.09. The fourth-order valence-corrected chi connectivity index (χ4v) is 4.11. The molecule has 1 aromatic rings. The van der Waals surface area contributed by atoms with Crippen molar-refractivity contribution in [3.8, 4) is 0 Å². The first-order valence-electron chi connectivity index (χ1n) is 7.69. The van der Waals surface area contributed by atoms with E-state index in [4.69, 9.17) is 5.84 Å². The van der Waals surface area contributed by atoms with E-state index in [2.05, 4.69) is 36.8 Å². The van der Waals surface area contributed by atoms with Crippen molar-refractivity contribution in [2.75, 3.05) is 0 Å². The van der Waals surface area contributed by atoms with Crippen LogP contribution >= 0.6 is 11.3 Å². The second-order valence-corrected chi connectivity index (χ2v) is 7.30. The molecule has 3 N–H and O–H groups in total. The molecular formula is C16H28N2S. The fraction of sp³-hybridized carbons (Fsp3) is 0.750. The van der Waals surface area contributed by atoms with Crippen LogP contribution < -0.4 is 11.3 Å². The SMILES string of the molecule is CC1CCC(C(CCCc2cccs2)NN)CC1C. The normalized spacial score (nSPS) is 29.3. The number of nitrogens with two attached hydrogens (primary N) is 1. The Labute approximate surface area is 121 Å². The van der Waals surface area contributed by atoms with Gasteiger partial charge in [-0.05, 0) is 61.3 Å². The Kier molecular flexibility index (Phi) is 5.86. The Morgan fingerprint density at radius 1 is 1.37 bits per heavy atom. The van der Waals surface area contributed by atoms with Gasteiger partial charge >= 0.3 is 0 Å². The lowest BCUT2D eigenvalue weighted by Crippen LogP contribution is -2.43. The lowest BCUT2D eigenvalue weighted by molar-refractivity contribution is 0.165. The van der Waals surface area contributed by atoms with E-state index in [1.165, 1.54) is 43.4 Å². The summed E-state index contributed by atoms with van der Waals surface area (Å²) in [6.07, 6.45) is 7.72. The van der Waals surface area contributed by atoms with Gasteiger partial charge in [0, 0.05) is 10.9 Å². The van der Waals surface area contributed by atoms with Gasteiger partial charge in [0.15, 0.2) is 0 Å². The van der Waals surface area contributed by atoms with Gasteiger partial charge in [-0.15, -0.1) is 11.3 Å². The lowest BCUT2D eigenvalue weighted by Gasteiger charge is -2.36. The third kappa shape index (κ3) is 4.30. The Balaban J connectivity index is 1.76. The van der Waals surface area contributed by atoms with E-state index in [0.29, 0.717) is 6.04 Å². The van der Waals surface area contributed by atoms with Gasteiger partial charge in [-0.3, -0.25) is 11.3 Å². The summed E-state index contributed by atoms with van der Waals surface area (Å²) in [7, 11) is 0. The van der Waals surface area contributed by atoms with Gasteiger partial charge in [0.05, 0.1) is 0 Å². The highest BCUT2D eigenvalue weighted by atomic mass is 32.1. The first-order chi connectivity index (χ1) is 9.20. The van der Waals surface area contributed by atoms with Gasteiger partial charge in [0.2, 0.25) is 0 Å². The fourth-order valence-electron chi connectivity index (χ4n) is 3.36. The zero-order chi connectivity index (χ0) is 13.7. The molecule has 19 heavy (non-hydrogen) atoms. The number of hydrazine groups is 1. The predicted molar refractivity (Wildman–Crippen MR) is 84.0 cm³/mol. The number of nitrogens with one attached hydrogen (secondary N) is 1. The lowest BCUT2D eigenvalue weighted by atomic mass is 9.72. The van der Waals surface area contributed by atoms with Gasteiger partial charge in [0.1, 0.15) is 0 Å². The Hall–Kier alpha value is -0.380. The summed E-state index contributed by atoms with van der Waals surface area (Å²) in [5, 5.41) is 2.16. The van der Waals surface area contributed by atoms with Gasteiger partial charge in [-0.1, -0.05) is 26.3 Å². The zero-order valence-electron chi connectivity index (χ0n) is 12.3. The molecule has 0 aromatic carbocycles. The third-order valence-corrected chi connectivity index (χ3v) is 5.88. The van der Waals surface area contributed by atoms with Gasteiger partial charge in [0.25, 0.3) is 0 Å². The second-order valence-electron chi connectivity index (χ2n) is 6.27. The first-order valence-corrected chi connectivity index (χ1v) is 8.57. The van der Waals surface area contributed by atoms with Crippen molar-refractivity contribution < 1.29 is 0 Å². The van der Waals surface area contributed by atoms with Gasteiger partial charge in [-0.2, -0.15) is 0 Å². The minimum atomic E-state index is 0.509. The number of hydrogen-bond donors (Lipinski definition) is 2. The molecule has 4 atom stereocenters. The van der Waals surface area contributed by atoms with Crippen LogP contribution in [-0.4, -0.2) is 6.04 Å². The first kappa shape index (κ1) is 15.0. The number of aryl methyl sites for hydroxylation is 1. The van der Waals surface area contributed by atoms with E-state index in [-0.39, 0.29) is 0 Å². The zero-order valence-corrected chi connectivity index (χ0v) is 13.1. The minimum absolute atomic E-state index is 0.509. The molecule has 4 unspecified atom stereocenters. The molecule has 0 spiro atoms. The standard InChI is InChI=1S/C16H28N2S/c1-12-8-9-14(11-13(12)2)16(18-17)7-3-5-15-6-4-10-19-15/h4,6,10,12-14,16,18H,3,5,7-9,11,17H2,1-2H3. The number of thiophene rings is 1. The van der Waals surface area contributed by atoms with E-state index in [1.54, 1.807) is 0 Å². The molecule has 0 radical (unpaired) electrons. The van der Waals surface area contributed by atoms with Crippen molar-refractivity contribution in [1.82, 2.24) is 5.43 Å². The summed E-state index contributed by atoms with van der Waals surface area (Å²) < 4.78 is 0. The van der Waals surface area contributed by atoms with Crippen LogP contribution in [0.2, 0.25) is 0 Å². The molecule has 0 saturated heterocycles. The molecule has 2 nitrogen and oxygen atoms in total. The molecular weight excluding hydrogens is 252 g/mol. The van der Waals surface area contributed by atoms with Crippen molar-refractivity contribution in [3.63, 3.8) is 0 Å². The summed E-state index contributed by atoms with van der Waals surface area (Å²) >= 11 is 1.87. The molecule has 108 valence electrons. The Morgan fingerprint density at radius 2 is 2.21 bits per heavy atom. The predicted octanol–water partition coefficient (Wildman–Crippen LogP) is 3.98. The largest absolute Gasteiger partial charge is 0.271 e.